The molecule has 0 heterocycles. The number of fused-ring (bicyclic) bond motifs is 1. The number of aliphatic hydroxyl groups excluding tert-OH is 1. The highest BCUT2D eigenvalue weighted by atomic mass is 16.5. The average molecular weight is 312 g/mol. The molecule has 3 rings (SSSR count). The lowest BCUT2D eigenvalue weighted by Crippen LogP contribution is -2.37. The van der Waals surface area contributed by atoms with Gasteiger partial charge in [-0.3, -0.25) is 0 Å². The van der Waals surface area contributed by atoms with Crippen molar-refractivity contribution in [3.63, 3.8) is 0 Å². The second-order valence-electron chi connectivity index (χ2n) is 7.69. The van der Waals surface area contributed by atoms with E-state index in [1.165, 1.54) is 22.8 Å². The smallest absolute Gasteiger partial charge is 0.0625 e. The lowest BCUT2D eigenvalue weighted by molar-refractivity contribution is -0.0536. The van der Waals surface area contributed by atoms with Crippen molar-refractivity contribution in [3.8, 4) is 0 Å². The quantitative estimate of drug-likeness (QED) is 0.875. The van der Waals surface area contributed by atoms with Crippen LogP contribution < -0.4 is 0 Å². The first kappa shape index (κ1) is 16.5. The molecule has 0 aromatic heterocycles. The van der Waals surface area contributed by atoms with E-state index in [1.807, 2.05) is 0 Å². The molecule has 2 aromatic carbocycles. The van der Waals surface area contributed by atoms with Gasteiger partial charge in [-0.1, -0.05) is 56.3 Å². The van der Waals surface area contributed by atoms with E-state index in [0.29, 0.717) is 5.41 Å². The third kappa shape index (κ3) is 4.13. The highest BCUT2D eigenvalue weighted by Crippen LogP contribution is 2.39. The van der Waals surface area contributed by atoms with Crippen LogP contribution in [0, 0.1) is 11.3 Å². The first-order valence-corrected chi connectivity index (χ1v) is 8.77. The Labute approximate surface area is 139 Å². The van der Waals surface area contributed by atoms with Crippen LogP contribution in [0.3, 0.4) is 0 Å². The van der Waals surface area contributed by atoms with Gasteiger partial charge in [0.15, 0.2) is 0 Å². The second-order valence-corrected chi connectivity index (χ2v) is 7.69. The van der Waals surface area contributed by atoms with Crippen LogP contribution in [0.1, 0.15) is 38.7 Å². The fraction of sp³-hybridized carbons (Fsp3) is 0.524. The number of benzene rings is 2. The molecular weight excluding hydrogens is 284 g/mol. The van der Waals surface area contributed by atoms with Gasteiger partial charge in [0.2, 0.25) is 0 Å². The van der Waals surface area contributed by atoms with Gasteiger partial charge in [0.25, 0.3) is 0 Å². The lowest BCUT2D eigenvalue weighted by Gasteiger charge is -2.39. The predicted octanol–water partition coefficient (Wildman–Crippen LogP) is 4.59. The molecule has 2 unspecified atom stereocenters. The Morgan fingerprint density at radius 1 is 1.13 bits per heavy atom. The summed E-state index contributed by atoms with van der Waals surface area (Å²) in [4.78, 5) is 0. The van der Waals surface area contributed by atoms with Gasteiger partial charge in [-0.2, -0.15) is 0 Å². The van der Waals surface area contributed by atoms with E-state index in [0.717, 1.165) is 25.9 Å². The van der Waals surface area contributed by atoms with Gasteiger partial charge >= 0.3 is 0 Å². The molecule has 124 valence electrons. The fourth-order valence-corrected chi connectivity index (χ4v) is 3.84. The fourth-order valence-electron chi connectivity index (χ4n) is 3.84. The van der Waals surface area contributed by atoms with Gasteiger partial charge in [-0.15, -0.1) is 0 Å². The summed E-state index contributed by atoms with van der Waals surface area (Å²) in [6.07, 6.45) is 4.46. The molecule has 2 nitrogen and oxygen atoms in total. The van der Waals surface area contributed by atoms with Crippen molar-refractivity contribution in [3.05, 3.63) is 48.0 Å². The minimum absolute atomic E-state index is 0.216. The standard InChI is InChI=1S/C21H28O2/c1-21(2)11-9-20(19(14-21)15-22)23-12-10-16-7-8-17-5-3-4-6-18(17)13-16/h3-8,13,19-20,22H,9-12,14-15H2,1-2H3. The van der Waals surface area contributed by atoms with Crippen LogP contribution in [0.4, 0.5) is 0 Å². The maximum absolute atomic E-state index is 9.65. The summed E-state index contributed by atoms with van der Waals surface area (Å²) in [7, 11) is 0. The molecule has 0 aliphatic heterocycles. The summed E-state index contributed by atoms with van der Waals surface area (Å²) < 4.78 is 6.14. The Kier molecular flexibility index (Phi) is 5.03. The van der Waals surface area contributed by atoms with Gasteiger partial charge < -0.3 is 9.84 Å². The molecule has 2 atom stereocenters. The topological polar surface area (TPSA) is 29.5 Å². The maximum Gasteiger partial charge on any atom is 0.0625 e. The molecular formula is C21H28O2. The molecule has 0 bridgehead atoms. The van der Waals surface area contributed by atoms with E-state index < -0.39 is 0 Å². The van der Waals surface area contributed by atoms with Crippen LogP contribution in [-0.4, -0.2) is 24.4 Å². The van der Waals surface area contributed by atoms with E-state index in [1.54, 1.807) is 0 Å². The Hall–Kier alpha value is -1.38. The second kappa shape index (κ2) is 7.02. The molecule has 2 heteroatoms. The van der Waals surface area contributed by atoms with E-state index in [9.17, 15) is 5.11 Å². The zero-order valence-electron chi connectivity index (χ0n) is 14.3. The van der Waals surface area contributed by atoms with Gasteiger partial charge in [0.1, 0.15) is 0 Å². The minimum atomic E-state index is 0.216. The van der Waals surface area contributed by atoms with E-state index >= 15 is 0 Å². The van der Waals surface area contributed by atoms with Crippen LogP contribution >= 0.6 is 0 Å². The van der Waals surface area contributed by atoms with Crippen molar-refractivity contribution in [2.24, 2.45) is 11.3 Å². The van der Waals surface area contributed by atoms with Crippen molar-refractivity contribution in [2.45, 2.75) is 45.6 Å². The number of rotatable bonds is 5. The largest absolute Gasteiger partial charge is 0.396 e. The Bertz CT molecular complexity index is 647. The molecule has 1 N–H and O–H groups in total. The van der Waals surface area contributed by atoms with E-state index in [2.05, 4.69) is 56.3 Å². The molecule has 0 radical (unpaired) electrons. The van der Waals surface area contributed by atoms with Crippen molar-refractivity contribution < 1.29 is 9.84 Å². The number of aliphatic hydroxyl groups is 1. The molecule has 1 aliphatic carbocycles. The molecule has 0 spiro atoms. The normalized spacial score (nSPS) is 24.0. The van der Waals surface area contributed by atoms with E-state index in [4.69, 9.17) is 4.74 Å². The van der Waals surface area contributed by atoms with Gasteiger partial charge in [-0.25, -0.2) is 0 Å². The van der Waals surface area contributed by atoms with Gasteiger partial charge in [0.05, 0.1) is 12.7 Å². The van der Waals surface area contributed by atoms with Crippen LogP contribution in [0.2, 0.25) is 0 Å². The monoisotopic (exact) mass is 312 g/mol. The van der Waals surface area contributed by atoms with Crippen molar-refractivity contribution in [1.29, 1.82) is 0 Å². The van der Waals surface area contributed by atoms with Crippen LogP contribution in [0.15, 0.2) is 42.5 Å². The maximum atomic E-state index is 9.65. The van der Waals surface area contributed by atoms with E-state index in [-0.39, 0.29) is 18.6 Å². The predicted molar refractivity (Wildman–Crippen MR) is 95.6 cm³/mol. The summed E-state index contributed by atoms with van der Waals surface area (Å²) in [5.74, 6) is 0.287. The summed E-state index contributed by atoms with van der Waals surface area (Å²) in [6.45, 7) is 5.56. The zero-order valence-corrected chi connectivity index (χ0v) is 14.3. The molecule has 1 aliphatic rings. The van der Waals surface area contributed by atoms with Gasteiger partial charge in [-0.05, 0) is 47.4 Å². The van der Waals surface area contributed by atoms with Gasteiger partial charge in [0, 0.05) is 12.5 Å². The first-order valence-electron chi connectivity index (χ1n) is 8.77. The third-order valence-corrected chi connectivity index (χ3v) is 5.22. The Balaban J connectivity index is 1.55. The van der Waals surface area contributed by atoms with Crippen molar-refractivity contribution >= 4 is 10.8 Å². The molecule has 0 saturated heterocycles. The SMILES string of the molecule is CC1(C)CCC(OCCc2ccc3ccccc3c2)C(CO)C1. The summed E-state index contributed by atoms with van der Waals surface area (Å²) in [5.41, 5.74) is 1.66. The average Bonchev–Trinajstić information content (AvgIpc) is 2.55. The van der Waals surface area contributed by atoms with Crippen LogP contribution in [0.25, 0.3) is 10.8 Å². The Morgan fingerprint density at radius 2 is 1.91 bits per heavy atom. The summed E-state index contributed by atoms with van der Waals surface area (Å²) in [5, 5.41) is 12.2. The molecule has 23 heavy (non-hydrogen) atoms. The summed E-state index contributed by atoms with van der Waals surface area (Å²) in [6, 6.07) is 15.1. The highest BCUT2D eigenvalue weighted by Gasteiger charge is 2.34. The molecule has 0 amide bonds. The number of ether oxygens (including phenoxy) is 1. The van der Waals surface area contributed by atoms with Crippen LogP contribution in [0.5, 0.6) is 0 Å². The highest BCUT2D eigenvalue weighted by molar-refractivity contribution is 5.82. The zero-order chi connectivity index (χ0) is 16.3. The van der Waals surface area contributed by atoms with Crippen molar-refractivity contribution in [2.75, 3.05) is 13.2 Å². The Morgan fingerprint density at radius 3 is 2.70 bits per heavy atom. The number of hydrogen-bond acceptors (Lipinski definition) is 2. The van der Waals surface area contributed by atoms with Crippen molar-refractivity contribution in [1.82, 2.24) is 0 Å². The molecule has 1 fully saturated rings. The molecule has 1 saturated carbocycles. The third-order valence-electron chi connectivity index (χ3n) is 5.22. The number of hydrogen-bond donors (Lipinski definition) is 1. The lowest BCUT2D eigenvalue weighted by atomic mass is 9.71. The van der Waals surface area contributed by atoms with Crippen LogP contribution in [-0.2, 0) is 11.2 Å². The molecule has 2 aromatic rings. The first-order chi connectivity index (χ1) is 11.1. The minimum Gasteiger partial charge on any atom is -0.396 e. The summed E-state index contributed by atoms with van der Waals surface area (Å²) >= 11 is 0.